The summed E-state index contributed by atoms with van der Waals surface area (Å²) >= 11 is 5.98. The van der Waals surface area contributed by atoms with Crippen molar-refractivity contribution < 1.29 is 9.72 Å². The molecule has 0 saturated carbocycles. The van der Waals surface area contributed by atoms with Crippen LogP contribution in [0.5, 0.6) is 0 Å². The van der Waals surface area contributed by atoms with Crippen molar-refractivity contribution in [2.75, 3.05) is 0 Å². The first-order valence-electron chi connectivity index (χ1n) is 4.55. The fourth-order valence-electron chi connectivity index (χ4n) is 1.30. The van der Waals surface area contributed by atoms with Gasteiger partial charge >= 0.3 is 0 Å². The summed E-state index contributed by atoms with van der Waals surface area (Å²) in [6, 6.07) is 6.06. The number of hydrogen-bond acceptors (Lipinski definition) is 5. The Bertz CT molecular complexity index is 554. The lowest BCUT2D eigenvalue weighted by atomic mass is 10.2. The van der Waals surface area contributed by atoms with Crippen molar-refractivity contribution in [2.45, 2.75) is 0 Å². The normalized spacial score (nSPS) is 17.3. The molecule has 1 heterocycles. The minimum Gasteiger partial charge on any atom is -0.307 e. The van der Waals surface area contributed by atoms with E-state index < -0.39 is 4.92 Å². The van der Waals surface area contributed by atoms with E-state index in [1.54, 1.807) is 18.2 Å². The Balaban J connectivity index is 2.33. The molecule has 0 bridgehead atoms. The number of amides is 1. The fourth-order valence-corrected chi connectivity index (χ4v) is 2.34. The average molecular weight is 266 g/mol. The molecule has 0 spiro atoms. The summed E-state index contributed by atoms with van der Waals surface area (Å²) in [7, 11) is 0. The molecule has 86 valence electrons. The molecule has 0 radical (unpaired) electrons. The van der Waals surface area contributed by atoms with E-state index in [0.29, 0.717) is 14.8 Å². The average Bonchev–Trinajstić information content (AvgIpc) is 2.58. The highest BCUT2D eigenvalue weighted by Gasteiger charge is 2.22. The Hall–Kier alpha value is -1.73. The number of hydrogen-bond donors (Lipinski definition) is 1. The summed E-state index contributed by atoms with van der Waals surface area (Å²) in [5, 5.41) is 13.1. The van der Waals surface area contributed by atoms with Crippen LogP contribution in [0.15, 0.2) is 29.2 Å². The Kier molecular flexibility index (Phi) is 3.21. The van der Waals surface area contributed by atoms with Gasteiger partial charge in [-0.25, -0.2) is 0 Å². The first-order valence-corrected chi connectivity index (χ1v) is 5.78. The Morgan fingerprint density at radius 2 is 2.24 bits per heavy atom. The van der Waals surface area contributed by atoms with E-state index in [2.05, 4.69) is 5.32 Å². The molecule has 2 rings (SSSR count). The second-order valence-corrected chi connectivity index (χ2v) is 4.92. The van der Waals surface area contributed by atoms with Crippen LogP contribution in [0.2, 0.25) is 0 Å². The number of rotatable bonds is 2. The van der Waals surface area contributed by atoms with E-state index in [-0.39, 0.29) is 11.6 Å². The van der Waals surface area contributed by atoms with Gasteiger partial charge in [-0.2, -0.15) is 0 Å². The van der Waals surface area contributed by atoms with Crippen LogP contribution < -0.4 is 5.32 Å². The zero-order valence-electron chi connectivity index (χ0n) is 8.38. The quantitative estimate of drug-likeness (QED) is 0.384. The van der Waals surface area contributed by atoms with Gasteiger partial charge in [0, 0.05) is 12.1 Å². The molecule has 1 aromatic carbocycles. The van der Waals surface area contributed by atoms with Crippen LogP contribution in [0.3, 0.4) is 0 Å². The number of nitro groups is 1. The van der Waals surface area contributed by atoms with Gasteiger partial charge in [0.1, 0.15) is 4.32 Å². The predicted octanol–water partition coefficient (Wildman–Crippen LogP) is 2.08. The number of carbonyl (C=O) groups is 1. The van der Waals surface area contributed by atoms with Gasteiger partial charge in [-0.1, -0.05) is 36.1 Å². The van der Waals surface area contributed by atoms with Crippen molar-refractivity contribution in [3.8, 4) is 0 Å². The third kappa shape index (κ3) is 2.69. The Morgan fingerprint density at radius 3 is 2.82 bits per heavy atom. The summed E-state index contributed by atoms with van der Waals surface area (Å²) < 4.78 is 0.395. The second kappa shape index (κ2) is 4.64. The van der Waals surface area contributed by atoms with Crippen LogP contribution in [-0.4, -0.2) is 15.2 Å². The zero-order valence-corrected chi connectivity index (χ0v) is 10.0. The summed E-state index contributed by atoms with van der Waals surface area (Å²) in [5.41, 5.74) is 0.590. The molecule has 7 heteroatoms. The summed E-state index contributed by atoms with van der Waals surface area (Å²) in [4.78, 5) is 21.9. The SMILES string of the molecule is O=C1NC(=S)S/C1=C\c1cccc([N+](=O)[O-])c1. The number of thiocarbonyl (C=S) groups is 1. The minimum atomic E-state index is -0.478. The van der Waals surface area contributed by atoms with Crippen molar-refractivity contribution in [3.63, 3.8) is 0 Å². The molecule has 0 aliphatic carbocycles. The largest absolute Gasteiger partial charge is 0.307 e. The number of benzene rings is 1. The van der Waals surface area contributed by atoms with E-state index in [4.69, 9.17) is 12.2 Å². The molecule has 1 fully saturated rings. The molecule has 1 aliphatic rings. The van der Waals surface area contributed by atoms with Gasteiger partial charge in [-0.15, -0.1) is 0 Å². The lowest BCUT2D eigenvalue weighted by Crippen LogP contribution is -2.17. The van der Waals surface area contributed by atoms with Gasteiger partial charge in [-0.3, -0.25) is 14.9 Å². The number of nitrogens with one attached hydrogen (secondary N) is 1. The fraction of sp³-hybridized carbons (Fsp3) is 0. The van der Waals surface area contributed by atoms with Gasteiger partial charge in [0.15, 0.2) is 0 Å². The maximum absolute atomic E-state index is 11.4. The molecular weight excluding hydrogens is 260 g/mol. The van der Waals surface area contributed by atoms with Crippen molar-refractivity contribution >= 4 is 46.0 Å². The Morgan fingerprint density at radius 1 is 1.47 bits per heavy atom. The highest BCUT2D eigenvalue weighted by Crippen LogP contribution is 2.26. The molecular formula is C10H6N2O3S2. The van der Waals surface area contributed by atoms with E-state index in [1.165, 1.54) is 12.1 Å². The monoisotopic (exact) mass is 266 g/mol. The molecule has 1 amide bonds. The first-order chi connectivity index (χ1) is 8.06. The van der Waals surface area contributed by atoms with Gasteiger partial charge in [0.25, 0.3) is 11.6 Å². The molecule has 1 saturated heterocycles. The maximum Gasteiger partial charge on any atom is 0.270 e. The van der Waals surface area contributed by atoms with Crippen LogP contribution >= 0.6 is 24.0 Å². The number of non-ortho nitro benzene ring substituents is 1. The first kappa shape index (κ1) is 11.7. The lowest BCUT2D eigenvalue weighted by Gasteiger charge is -1.95. The van der Waals surface area contributed by atoms with Crippen LogP contribution in [0.1, 0.15) is 5.56 Å². The van der Waals surface area contributed by atoms with E-state index in [1.807, 2.05) is 0 Å². The third-order valence-electron chi connectivity index (χ3n) is 2.02. The standard InChI is InChI=1S/C10H6N2O3S2/c13-9-8(17-10(16)11-9)5-6-2-1-3-7(4-6)12(14)15/h1-5H,(H,11,13,16)/b8-5-. The minimum absolute atomic E-state index is 0.00895. The van der Waals surface area contributed by atoms with Crippen molar-refractivity contribution in [3.05, 3.63) is 44.8 Å². The molecule has 0 aromatic heterocycles. The van der Waals surface area contributed by atoms with Crippen LogP contribution in [-0.2, 0) is 4.79 Å². The molecule has 17 heavy (non-hydrogen) atoms. The maximum atomic E-state index is 11.4. The number of thioether (sulfide) groups is 1. The molecule has 0 unspecified atom stereocenters. The van der Waals surface area contributed by atoms with Gasteiger partial charge in [-0.05, 0) is 11.6 Å². The van der Waals surface area contributed by atoms with Crippen molar-refractivity contribution in [2.24, 2.45) is 0 Å². The number of nitro benzene ring substituents is 1. The highest BCUT2D eigenvalue weighted by molar-refractivity contribution is 8.26. The predicted molar refractivity (Wildman–Crippen MR) is 69.4 cm³/mol. The smallest absolute Gasteiger partial charge is 0.270 e. The van der Waals surface area contributed by atoms with Gasteiger partial charge < -0.3 is 5.32 Å². The summed E-state index contributed by atoms with van der Waals surface area (Å²) in [6.45, 7) is 0. The van der Waals surface area contributed by atoms with Gasteiger partial charge in [0.2, 0.25) is 0 Å². The molecule has 1 aliphatic heterocycles. The number of nitrogens with zero attached hydrogens (tertiary/aromatic N) is 1. The number of carbonyl (C=O) groups excluding carboxylic acids is 1. The van der Waals surface area contributed by atoms with Crippen LogP contribution in [0, 0.1) is 10.1 Å². The van der Waals surface area contributed by atoms with E-state index in [9.17, 15) is 14.9 Å². The van der Waals surface area contributed by atoms with Gasteiger partial charge in [0.05, 0.1) is 9.83 Å². The van der Waals surface area contributed by atoms with E-state index >= 15 is 0 Å². The van der Waals surface area contributed by atoms with Crippen molar-refractivity contribution in [1.82, 2.24) is 5.32 Å². The lowest BCUT2D eigenvalue weighted by molar-refractivity contribution is -0.384. The molecule has 5 nitrogen and oxygen atoms in total. The van der Waals surface area contributed by atoms with E-state index in [0.717, 1.165) is 11.8 Å². The highest BCUT2D eigenvalue weighted by atomic mass is 32.2. The topological polar surface area (TPSA) is 72.2 Å². The Labute approximate surface area is 106 Å². The molecule has 1 N–H and O–H groups in total. The second-order valence-electron chi connectivity index (χ2n) is 3.20. The summed E-state index contributed by atoms with van der Waals surface area (Å²) in [6.07, 6.45) is 1.58. The van der Waals surface area contributed by atoms with Crippen LogP contribution in [0.4, 0.5) is 5.69 Å². The molecule has 1 aromatic rings. The third-order valence-corrected chi connectivity index (χ3v) is 3.18. The van der Waals surface area contributed by atoms with Crippen LogP contribution in [0.25, 0.3) is 6.08 Å². The van der Waals surface area contributed by atoms with Crippen molar-refractivity contribution in [1.29, 1.82) is 0 Å². The molecule has 0 atom stereocenters. The summed E-state index contributed by atoms with van der Waals surface area (Å²) in [5.74, 6) is -0.272. The zero-order chi connectivity index (χ0) is 12.4.